The number of likely N-dealkylation sites (tertiary alicyclic amines) is 2. The first-order valence-corrected chi connectivity index (χ1v) is 16.5. The molecule has 2 aromatic rings. The molecule has 0 saturated carbocycles. The van der Waals surface area contributed by atoms with Gasteiger partial charge in [0.25, 0.3) is 0 Å². The van der Waals surface area contributed by atoms with Gasteiger partial charge in [-0.05, 0) is 100 Å². The summed E-state index contributed by atoms with van der Waals surface area (Å²) in [5.41, 5.74) is 8.10. The van der Waals surface area contributed by atoms with Gasteiger partial charge in [0.1, 0.15) is 0 Å². The van der Waals surface area contributed by atoms with Crippen LogP contribution < -0.4 is 5.32 Å². The molecule has 2 aliphatic heterocycles. The van der Waals surface area contributed by atoms with Crippen molar-refractivity contribution in [1.29, 1.82) is 0 Å². The first kappa shape index (κ1) is 32.3. The van der Waals surface area contributed by atoms with Gasteiger partial charge in [0.15, 0.2) is 0 Å². The molecule has 0 bridgehead atoms. The Kier molecular flexibility index (Phi) is 11.8. The highest BCUT2D eigenvalue weighted by Crippen LogP contribution is 2.38. The van der Waals surface area contributed by atoms with Crippen molar-refractivity contribution in [3.8, 4) is 10.4 Å². The SMILES string of the molecule is C=C(NC(C)c1ccc(-c2scnc2C)cc1C1CCN(C)CC1)C1CC(C)CN1C(=O)C(CC)C(C)C.CC. The lowest BCUT2D eigenvalue weighted by molar-refractivity contribution is -0.137. The van der Waals surface area contributed by atoms with Crippen molar-refractivity contribution in [1.82, 2.24) is 20.1 Å². The number of benzene rings is 1. The van der Waals surface area contributed by atoms with Gasteiger partial charge in [-0.3, -0.25) is 4.79 Å². The third-order valence-corrected chi connectivity index (χ3v) is 9.86. The highest BCUT2D eigenvalue weighted by Gasteiger charge is 2.38. The van der Waals surface area contributed by atoms with Gasteiger partial charge in [0.2, 0.25) is 5.91 Å². The van der Waals surface area contributed by atoms with Crippen LogP contribution in [0.1, 0.15) is 103 Å². The van der Waals surface area contributed by atoms with E-state index in [0.29, 0.717) is 23.7 Å². The fourth-order valence-electron chi connectivity index (χ4n) is 6.58. The van der Waals surface area contributed by atoms with Gasteiger partial charge in [-0.25, -0.2) is 4.98 Å². The predicted molar refractivity (Wildman–Crippen MR) is 172 cm³/mol. The number of aromatic nitrogens is 1. The van der Waals surface area contributed by atoms with E-state index in [2.05, 4.69) is 93.5 Å². The molecule has 1 amide bonds. The minimum Gasteiger partial charge on any atom is -0.381 e. The zero-order valence-electron chi connectivity index (χ0n) is 26.6. The minimum absolute atomic E-state index is 0.0543. The Morgan fingerprint density at radius 2 is 1.88 bits per heavy atom. The molecule has 40 heavy (non-hydrogen) atoms. The summed E-state index contributed by atoms with van der Waals surface area (Å²) in [7, 11) is 2.22. The van der Waals surface area contributed by atoms with Gasteiger partial charge in [0, 0.05) is 24.2 Å². The zero-order chi connectivity index (χ0) is 29.6. The summed E-state index contributed by atoms with van der Waals surface area (Å²) in [6, 6.07) is 7.18. The lowest BCUT2D eigenvalue weighted by atomic mass is 9.83. The molecule has 0 spiro atoms. The predicted octanol–water partition coefficient (Wildman–Crippen LogP) is 8.04. The van der Waals surface area contributed by atoms with Crippen molar-refractivity contribution < 1.29 is 4.79 Å². The Labute approximate surface area is 248 Å². The monoisotopic (exact) mass is 566 g/mol. The number of rotatable bonds is 9. The third-order valence-electron chi connectivity index (χ3n) is 8.88. The van der Waals surface area contributed by atoms with Crippen LogP contribution in [0.15, 0.2) is 36.0 Å². The fourth-order valence-corrected chi connectivity index (χ4v) is 7.38. The van der Waals surface area contributed by atoms with E-state index in [1.807, 2.05) is 19.4 Å². The highest BCUT2D eigenvalue weighted by molar-refractivity contribution is 7.13. The van der Waals surface area contributed by atoms with Crippen LogP contribution in [0, 0.1) is 24.7 Å². The molecule has 2 saturated heterocycles. The Morgan fingerprint density at radius 3 is 2.45 bits per heavy atom. The maximum Gasteiger partial charge on any atom is 0.226 e. The van der Waals surface area contributed by atoms with E-state index < -0.39 is 0 Å². The smallest absolute Gasteiger partial charge is 0.226 e. The van der Waals surface area contributed by atoms with Crippen LogP contribution in [-0.4, -0.2) is 53.4 Å². The molecular weight excluding hydrogens is 512 g/mol. The number of hydrogen-bond acceptors (Lipinski definition) is 5. The molecule has 1 aromatic heterocycles. The van der Waals surface area contributed by atoms with Crippen LogP contribution >= 0.6 is 11.3 Å². The second kappa shape index (κ2) is 14.6. The molecule has 3 heterocycles. The Bertz CT molecular complexity index is 1120. The molecule has 4 rings (SSSR count). The van der Waals surface area contributed by atoms with Crippen LogP contribution in [0.3, 0.4) is 0 Å². The van der Waals surface area contributed by atoms with Gasteiger partial charge in [0.05, 0.1) is 22.1 Å². The minimum atomic E-state index is 0.0543. The maximum absolute atomic E-state index is 13.5. The summed E-state index contributed by atoms with van der Waals surface area (Å²) in [5, 5.41) is 3.78. The van der Waals surface area contributed by atoms with E-state index in [1.54, 1.807) is 11.3 Å². The van der Waals surface area contributed by atoms with Crippen LogP contribution in [0.5, 0.6) is 0 Å². The summed E-state index contributed by atoms with van der Waals surface area (Å²) in [6.45, 7) is 24.7. The quantitative estimate of drug-likeness (QED) is 0.334. The van der Waals surface area contributed by atoms with E-state index in [0.717, 1.165) is 43.9 Å². The van der Waals surface area contributed by atoms with Crippen molar-refractivity contribution in [2.24, 2.45) is 17.8 Å². The van der Waals surface area contributed by atoms with Gasteiger partial charge >= 0.3 is 0 Å². The van der Waals surface area contributed by atoms with Crippen LogP contribution in [-0.2, 0) is 4.79 Å². The Morgan fingerprint density at radius 1 is 1.20 bits per heavy atom. The number of carbonyl (C=O) groups excluding carboxylic acids is 1. The van der Waals surface area contributed by atoms with Gasteiger partial charge < -0.3 is 15.1 Å². The first-order valence-electron chi connectivity index (χ1n) is 15.6. The van der Waals surface area contributed by atoms with Gasteiger partial charge in [-0.1, -0.05) is 60.3 Å². The number of piperidine rings is 1. The molecule has 0 radical (unpaired) electrons. The summed E-state index contributed by atoms with van der Waals surface area (Å²) in [6.07, 6.45) is 4.22. The number of carbonyl (C=O) groups is 1. The van der Waals surface area contributed by atoms with Gasteiger partial charge in [-0.2, -0.15) is 0 Å². The number of nitrogens with zero attached hydrogens (tertiary/aromatic N) is 3. The standard InChI is InChI=1S/C32H48N4OS.C2H6/c1-9-27(20(2)3)32(37)36-18-21(4)16-30(36)23(6)34-22(5)28-11-10-26(31-24(7)33-19-38-31)17-29(28)25-12-14-35(8)15-13-25;1-2/h10-11,17,19-22,25,27,30,34H,6,9,12-16,18H2,1-5,7-8H3;1-2H3. The van der Waals surface area contributed by atoms with Crippen LogP contribution in [0.4, 0.5) is 0 Å². The topological polar surface area (TPSA) is 48.5 Å². The first-order chi connectivity index (χ1) is 19.1. The summed E-state index contributed by atoms with van der Waals surface area (Å²) in [5.74, 6) is 1.75. The molecule has 1 aromatic carbocycles. The van der Waals surface area contributed by atoms with E-state index in [9.17, 15) is 4.79 Å². The normalized spacial score (nSPS) is 21.6. The Balaban J connectivity index is 0.00000216. The molecular formula is C34H54N4OS. The second-order valence-electron chi connectivity index (χ2n) is 12.2. The second-order valence-corrected chi connectivity index (χ2v) is 13.0. The number of amides is 1. The summed E-state index contributed by atoms with van der Waals surface area (Å²) in [4.78, 5) is 23.9. The molecule has 222 valence electrons. The van der Waals surface area contributed by atoms with E-state index in [-0.39, 0.29) is 18.0 Å². The summed E-state index contributed by atoms with van der Waals surface area (Å²) >= 11 is 1.72. The largest absolute Gasteiger partial charge is 0.381 e. The number of aryl methyl sites for hydroxylation is 1. The maximum atomic E-state index is 13.5. The molecule has 2 aliphatic rings. The molecule has 0 aliphatic carbocycles. The lowest BCUT2D eigenvalue weighted by Crippen LogP contribution is -2.44. The molecule has 1 N–H and O–H groups in total. The van der Waals surface area contributed by atoms with Crippen LogP contribution in [0.2, 0.25) is 0 Å². The average Bonchev–Trinajstić information content (AvgIpc) is 3.55. The van der Waals surface area contributed by atoms with Crippen molar-refractivity contribution >= 4 is 17.2 Å². The van der Waals surface area contributed by atoms with E-state index in [1.165, 1.54) is 34.4 Å². The van der Waals surface area contributed by atoms with E-state index >= 15 is 0 Å². The molecule has 5 nitrogen and oxygen atoms in total. The average molecular weight is 567 g/mol. The lowest BCUT2D eigenvalue weighted by Gasteiger charge is -2.34. The van der Waals surface area contributed by atoms with Crippen molar-refractivity contribution in [3.63, 3.8) is 0 Å². The van der Waals surface area contributed by atoms with Crippen molar-refractivity contribution in [2.75, 3.05) is 26.7 Å². The Hall–Kier alpha value is -2.18. The molecule has 4 atom stereocenters. The summed E-state index contributed by atoms with van der Waals surface area (Å²) < 4.78 is 0. The highest BCUT2D eigenvalue weighted by atomic mass is 32.1. The van der Waals surface area contributed by atoms with Crippen molar-refractivity contribution in [2.45, 2.75) is 99.1 Å². The van der Waals surface area contributed by atoms with E-state index in [4.69, 9.17) is 0 Å². The number of thiazole rings is 1. The molecule has 6 heteroatoms. The number of hydrogen-bond donors (Lipinski definition) is 1. The zero-order valence-corrected chi connectivity index (χ0v) is 27.4. The third kappa shape index (κ3) is 7.36. The fraction of sp³-hybridized carbons (Fsp3) is 0.647. The molecule has 2 fully saturated rings. The van der Waals surface area contributed by atoms with Crippen LogP contribution in [0.25, 0.3) is 10.4 Å². The van der Waals surface area contributed by atoms with Crippen molar-refractivity contribution in [3.05, 3.63) is 52.8 Å². The molecule has 4 unspecified atom stereocenters. The number of nitrogens with one attached hydrogen (secondary N) is 1. The van der Waals surface area contributed by atoms with Gasteiger partial charge in [-0.15, -0.1) is 11.3 Å².